The van der Waals surface area contributed by atoms with E-state index in [9.17, 15) is 18.5 Å². The Morgan fingerprint density at radius 3 is 2.71 bits per heavy atom. The van der Waals surface area contributed by atoms with Gasteiger partial charge in [0.25, 0.3) is 10.0 Å². The lowest BCUT2D eigenvalue weighted by Crippen LogP contribution is -2.14. The lowest BCUT2D eigenvalue weighted by molar-refractivity contribution is 0.104. The van der Waals surface area contributed by atoms with Gasteiger partial charge in [-0.15, -0.1) is 0 Å². The van der Waals surface area contributed by atoms with Crippen LogP contribution in [0.15, 0.2) is 66.0 Å². The highest BCUT2D eigenvalue weighted by Crippen LogP contribution is 2.27. The van der Waals surface area contributed by atoms with Crippen LogP contribution in [-0.4, -0.2) is 28.7 Å². The van der Waals surface area contributed by atoms with Crippen molar-refractivity contribution < 1.29 is 13.2 Å². The van der Waals surface area contributed by atoms with Crippen molar-refractivity contribution in [2.45, 2.75) is 4.90 Å². The van der Waals surface area contributed by atoms with Crippen LogP contribution in [0.5, 0.6) is 0 Å². The van der Waals surface area contributed by atoms with Crippen molar-refractivity contribution >= 4 is 38.3 Å². The molecule has 2 aromatic heterocycles. The van der Waals surface area contributed by atoms with E-state index in [4.69, 9.17) is 5.73 Å². The summed E-state index contributed by atoms with van der Waals surface area (Å²) in [6, 6.07) is 13.8. The average molecular weight is 432 g/mol. The molecule has 0 aliphatic rings. The molecule has 3 N–H and O–H groups in total. The number of nitrogens with two attached hydrogens (primary N) is 1. The maximum absolute atomic E-state index is 13.2. The van der Waals surface area contributed by atoms with Crippen molar-refractivity contribution in [3.63, 3.8) is 0 Å². The fourth-order valence-electron chi connectivity index (χ4n) is 3.29. The van der Waals surface area contributed by atoms with Gasteiger partial charge in [-0.2, -0.15) is 5.26 Å². The minimum Gasteiger partial charge on any atom is -0.383 e. The molecular formula is C21H16N6O3S. The van der Waals surface area contributed by atoms with Gasteiger partial charge in [0.1, 0.15) is 28.8 Å². The molecule has 0 bridgehead atoms. The van der Waals surface area contributed by atoms with Crippen molar-refractivity contribution in [3.8, 4) is 6.07 Å². The van der Waals surface area contributed by atoms with E-state index in [1.54, 1.807) is 36.0 Å². The summed E-state index contributed by atoms with van der Waals surface area (Å²) in [5.41, 5.74) is 7.24. The van der Waals surface area contributed by atoms with Crippen LogP contribution in [0.3, 0.4) is 0 Å². The Kier molecular flexibility index (Phi) is 4.88. The maximum Gasteiger partial charge on any atom is 0.263 e. The lowest BCUT2D eigenvalue weighted by atomic mass is 10.0. The van der Waals surface area contributed by atoms with Crippen LogP contribution in [-0.2, 0) is 17.1 Å². The second kappa shape index (κ2) is 7.55. The summed E-state index contributed by atoms with van der Waals surface area (Å²) in [4.78, 5) is 21.1. The highest BCUT2D eigenvalue weighted by Gasteiger charge is 2.21. The quantitative estimate of drug-likeness (QED) is 0.461. The van der Waals surface area contributed by atoms with Crippen LogP contribution >= 0.6 is 0 Å². The maximum atomic E-state index is 13.2. The molecule has 0 amide bonds. The van der Waals surface area contributed by atoms with E-state index in [2.05, 4.69) is 14.7 Å². The number of nitrogens with zero attached hydrogens (tertiary/aromatic N) is 4. The Hall–Kier alpha value is -4.23. The highest BCUT2D eigenvalue weighted by molar-refractivity contribution is 7.92. The van der Waals surface area contributed by atoms with E-state index >= 15 is 0 Å². The van der Waals surface area contributed by atoms with Gasteiger partial charge in [0.05, 0.1) is 16.5 Å². The monoisotopic (exact) mass is 432 g/mol. The molecule has 0 aliphatic heterocycles. The van der Waals surface area contributed by atoms with Gasteiger partial charge in [-0.05, 0) is 24.3 Å². The number of nitrogens with one attached hydrogen (secondary N) is 1. The van der Waals surface area contributed by atoms with E-state index < -0.39 is 10.0 Å². The van der Waals surface area contributed by atoms with Gasteiger partial charge in [0, 0.05) is 24.5 Å². The normalized spacial score (nSPS) is 11.2. The molecule has 4 aromatic rings. The Morgan fingerprint density at radius 1 is 1.16 bits per heavy atom. The third kappa shape index (κ3) is 3.58. The molecule has 0 unspecified atom stereocenters. The molecule has 0 saturated heterocycles. The smallest absolute Gasteiger partial charge is 0.263 e. The molecule has 0 spiro atoms. The SMILES string of the molecule is Cn1cc(C(=O)c2cccc(NS(=O)(=O)c3ccccc3C#N)c2)c2c(N)ncnc21. The Morgan fingerprint density at radius 2 is 1.94 bits per heavy atom. The summed E-state index contributed by atoms with van der Waals surface area (Å²) in [6.45, 7) is 0. The van der Waals surface area contributed by atoms with Crippen LogP contribution in [0.4, 0.5) is 11.5 Å². The largest absolute Gasteiger partial charge is 0.383 e. The summed E-state index contributed by atoms with van der Waals surface area (Å²) in [7, 11) is -2.29. The third-order valence-corrected chi connectivity index (χ3v) is 6.14. The van der Waals surface area contributed by atoms with Crippen LogP contribution < -0.4 is 10.5 Å². The minimum atomic E-state index is -4.03. The molecule has 154 valence electrons. The molecule has 0 saturated carbocycles. The second-order valence-corrected chi connectivity index (χ2v) is 8.39. The molecule has 9 nitrogen and oxygen atoms in total. The number of carbonyl (C=O) groups excluding carboxylic acids is 1. The molecule has 10 heteroatoms. The van der Waals surface area contributed by atoms with E-state index in [0.717, 1.165) is 0 Å². The number of hydrogen-bond acceptors (Lipinski definition) is 7. The van der Waals surface area contributed by atoms with E-state index in [0.29, 0.717) is 16.6 Å². The van der Waals surface area contributed by atoms with Crippen LogP contribution in [0, 0.1) is 11.3 Å². The number of aromatic nitrogens is 3. The summed E-state index contributed by atoms with van der Waals surface area (Å²) < 4.78 is 29.6. The second-order valence-electron chi connectivity index (χ2n) is 6.73. The molecule has 2 heterocycles. The van der Waals surface area contributed by atoms with Gasteiger partial charge in [-0.25, -0.2) is 18.4 Å². The number of aryl methyl sites for hydroxylation is 1. The van der Waals surface area contributed by atoms with E-state index in [1.165, 1.54) is 36.7 Å². The Labute approximate surface area is 177 Å². The minimum absolute atomic E-state index is 0.0217. The Balaban J connectivity index is 1.72. The first-order chi connectivity index (χ1) is 14.8. The van der Waals surface area contributed by atoms with Crippen molar-refractivity contribution in [2.75, 3.05) is 10.5 Å². The molecule has 4 rings (SSSR count). The van der Waals surface area contributed by atoms with Gasteiger partial charge < -0.3 is 10.3 Å². The molecular weight excluding hydrogens is 416 g/mol. The number of fused-ring (bicyclic) bond motifs is 1. The summed E-state index contributed by atoms with van der Waals surface area (Å²) in [5.74, 6) is -0.176. The average Bonchev–Trinajstić information content (AvgIpc) is 3.11. The summed E-state index contributed by atoms with van der Waals surface area (Å²) in [6.07, 6.45) is 2.93. The molecule has 0 fully saturated rings. The van der Waals surface area contributed by atoms with Crippen molar-refractivity contribution in [3.05, 3.63) is 77.7 Å². The number of sulfonamides is 1. The first-order valence-corrected chi connectivity index (χ1v) is 10.5. The van der Waals surface area contributed by atoms with Crippen LogP contribution in [0.25, 0.3) is 11.0 Å². The molecule has 0 radical (unpaired) electrons. The third-order valence-electron chi connectivity index (χ3n) is 4.70. The predicted octanol–water partition coefficient (Wildman–Crippen LogP) is 2.45. The number of ketones is 1. The topological polar surface area (TPSA) is 144 Å². The number of benzene rings is 2. The zero-order chi connectivity index (χ0) is 22.2. The molecule has 0 aliphatic carbocycles. The molecule has 0 atom stereocenters. The number of hydrogen-bond donors (Lipinski definition) is 2. The number of nitriles is 1. The van der Waals surface area contributed by atoms with Gasteiger partial charge in [-0.1, -0.05) is 24.3 Å². The summed E-state index contributed by atoms with van der Waals surface area (Å²) >= 11 is 0. The van der Waals surface area contributed by atoms with Gasteiger partial charge in [0.2, 0.25) is 0 Å². The van der Waals surface area contributed by atoms with Crippen molar-refractivity contribution in [2.24, 2.45) is 7.05 Å². The zero-order valence-corrected chi connectivity index (χ0v) is 17.1. The molecule has 2 aromatic carbocycles. The van der Waals surface area contributed by atoms with Gasteiger partial charge >= 0.3 is 0 Å². The standard InChI is InChI=1S/C21H16N6O3S/c1-27-11-16(18-20(23)24-12-25-21(18)27)19(28)13-6-4-7-15(9-13)26-31(29,30)17-8-3-2-5-14(17)10-22/h2-9,11-12,26H,1H3,(H2,23,24,25). The van der Waals surface area contributed by atoms with Crippen LogP contribution in [0.2, 0.25) is 0 Å². The zero-order valence-electron chi connectivity index (χ0n) is 16.3. The first-order valence-electron chi connectivity index (χ1n) is 9.04. The summed E-state index contributed by atoms with van der Waals surface area (Å²) in [5, 5.41) is 9.63. The predicted molar refractivity (Wildman–Crippen MR) is 115 cm³/mol. The van der Waals surface area contributed by atoms with Crippen LogP contribution in [0.1, 0.15) is 21.5 Å². The number of nitrogen functional groups attached to an aromatic ring is 1. The van der Waals surface area contributed by atoms with Crippen molar-refractivity contribution in [1.82, 2.24) is 14.5 Å². The fourth-order valence-corrected chi connectivity index (χ4v) is 4.50. The Bertz CT molecular complexity index is 1480. The highest BCUT2D eigenvalue weighted by atomic mass is 32.2. The van der Waals surface area contributed by atoms with Gasteiger partial charge in [-0.3, -0.25) is 9.52 Å². The number of rotatable bonds is 5. The van der Waals surface area contributed by atoms with Gasteiger partial charge in [0.15, 0.2) is 5.78 Å². The van der Waals surface area contributed by atoms with E-state index in [1.807, 2.05) is 6.07 Å². The first kappa shape index (κ1) is 20.1. The fraction of sp³-hybridized carbons (Fsp3) is 0.0476. The van der Waals surface area contributed by atoms with E-state index in [-0.39, 0.29) is 33.3 Å². The number of anilines is 2. The number of carbonyl (C=O) groups is 1. The lowest BCUT2D eigenvalue weighted by Gasteiger charge is -2.10. The molecule has 31 heavy (non-hydrogen) atoms. The van der Waals surface area contributed by atoms with Crippen molar-refractivity contribution in [1.29, 1.82) is 5.26 Å².